The van der Waals surface area contributed by atoms with Crippen molar-refractivity contribution in [2.45, 2.75) is 0 Å². The second kappa shape index (κ2) is 10.1. The fraction of sp³-hybridized carbons (Fsp3) is 0.278. The zero-order valence-electron chi connectivity index (χ0n) is 13.7. The van der Waals surface area contributed by atoms with E-state index in [1.54, 1.807) is 31.5 Å². The second-order valence-electron chi connectivity index (χ2n) is 5.18. The van der Waals surface area contributed by atoms with Gasteiger partial charge in [-0.25, -0.2) is 0 Å². The Balaban J connectivity index is 2.26. The van der Waals surface area contributed by atoms with Crippen LogP contribution in [0.15, 0.2) is 41.4 Å². The van der Waals surface area contributed by atoms with E-state index in [9.17, 15) is 0 Å². The standard InChI is InChI=1S/C18H18Cl4N2O/c1-25-18-8-13(2-3-17(18)24(6-4-19)7-5-20)12-23-16-10-14(21)9-15(22)11-16/h2-3,8-12H,4-7H2,1H3. The maximum Gasteiger partial charge on any atom is 0.142 e. The molecule has 0 radical (unpaired) electrons. The molecule has 0 fully saturated rings. The molecule has 0 aromatic heterocycles. The zero-order valence-corrected chi connectivity index (χ0v) is 16.7. The van der Waals surface area contributed by atoms with Gasteiger partial charge in [-0.3, -0.25) is 4.99 Å². The predicted molar refractivity (Wildman–Crippen MR) is 110 cm³/mol. The topological polar surface area (TPSA) is 24.8 Å². The van der Waals surface area contributed by atoms with Crippen LogP contribution in [0, 0.1) is 0 Å². The summed E-state index contributed by atoms with van der Waals surface area (Å²) in [5.74, 6) is 1.76. The average molecular weight is 420 g/mol. The number of benzene rings is 2. The number of anilines is 1. The predicted octanol–water partition coefficient (Wildman–Crippen LogP) is 6.04. The second-order valence-corrected chi connectivity index (χ2v) is 6.81. The highest BCUT2D eigenvalue weighted by atomic mass is 35.5. The smallest absolute Gasteiger partial charge is 0.142 e. The zero-order chi connectivity index (χ0) is 18.2. The van der Waals surface area contributed by atoms with Gasteiger partial charge in [-0.1, -0.05) is 29.3 Å². The SMILES string of the molecule is COc1cc(C=Nc2cc(Cl)cc(Cl)c2)ccc1N(CCCl)CCCl. The maximum absolute atomic E-state index is 5.99. The first-order valence-electron chi connectivity index (χ1n) is 7.62. The summed E-state index contributed by atoms with van der Waals surface area (Å²) in [7, 11) is 1.63. The largest absolute Gasteiger partial charge is 0.495 e. The molecule has 0 amide bonds. The molecule has 3 nitrogen and oxygen atoms in total. The van der Waals surface area contributed by atoms with Gasteiger partial charge in [0.25, 0.3) is 0 Å². The molecule has 0 spiro atoms. The highest BCUT2D eigenvalue weighted by Crippen LogP contribution is 2.30. The van der Waals surface area contributed by atoms with Crippen LogP contribution in [0.2, 0.25) is 10.0 Å². The average Bonchev–Trinajstić information content (AvgIpc) is 2.59. The molecule has 0 aliphatic rings. The quantitative estimate of drug-likeness (QED) is 0.385. The lowest BCUT2D eigenvalue weighted by Crippen LogP contribution is -2.28. The van der Waals surface area contributed by atoms with Crippen molar-refractivity contribution in [2.24, 2.45) is 4.99 Å². The number of hydrogen-bond donors (Lipinski definition) is 0. The summed E-state index contributed by atoms with van der Waals surface area (Å²) in [5.41, 5.74) is 2.53. The van der Waals surface area contributed by atoms with Crippen LogP contribution in [-0.2, 0) is 0 Å². The summed E-state index contributed by atoms with van der Waals surface area (Å²) >= 11 is 23.7. The Morgan fingerprint density at radius 1 is 1.00 bits per heavy atom. The van der Waals surface area contributed by atoms with Gasteiger partial charge in [0.05, 0.1) is 18.5 Å². The normalized spacial score (nSPS) is 11.1. The van der Waals surface area contributed by atoms with Crippen molar-refractivity contribution >= 4 is 64.0 Å². The van der Waals surface area contributed by atoms with E-state index in [2.05, 4.69) is 9.89 Å². The lowest BCUT2D eigenvalue weighted by molar-refractivity contribution is 0.414. The number of halogens is 4. The summed E-state index contributed by atoms with van der Waals surface area (Å²) < 4.78 is 5.52. The Hall–Kier alpha value is -1.13. The van der Waals surface area contributed by atoms with Crippen molar-refractivity contribution in [1.82, 2.24) is 0 Å². The third kappa shape index (κ3) is 5.96. The maximum atomic E-state index is 5.99. The Morgan fingerprint density at radius 2 is 1.64 bits per heavy atom. The molecular weight excluding hydrogens is 402 g/mol. The van der Waals surface area contributed by atoms with Gasteiger partial charge in [0.2, 0.25) is 0 Å². The number of rotatable bonds is 8. The third-order valence-corrected chi connectivity index (χ3v) is 4.24. The van der Waals surface area contributed by atoms with Gasteiger partial charge >= 0.3 is 0 Å². The van der Waals surface area contributed by atoms with E-state index in [0.717, 1.165) is 17.0 Å². The third-order valence-electron chi connectivity index (χ3n) is 3.46. The number of nitrogens with zero attached hydrogens (tertiary/aromatic N) is 2. The van der Waals surface area contributed by atoms with E-state index in [-0.39, 0.29) is 0 Å². The molecule has 0 saturated carbocycles. The molecule has 7 heteroatoms. The lowest BCUT2D eigenvalue weighted by Gasteiger charge is -2.25. The number of ether oxygens (including phenoxy) is 1. The minimum Gasteiger partial charge on any atom is -0.495 e. The summed E-state index contributed by atoms with van der Waals surface area (Å²) in [5, 5.41) is 1.09. The molecule has 25 heavy (non-hydrogen) atoms. The van der Waals surface area contributed by atoms with E-state index in [0.29, 0.717) is 40.6 Å². The van der Waals surface area contributed by atoms with Gasteiger partial charge in [-0.05, 0) is 35.9 Å². The van der Waals surface area contributed by atoms with Crippen molar-refractivity contribution in [2.75, 3.05) is 36.9 Å². The molecule has 0 unspecified atom stereocenters. The van der Waals surface area contributed by atoms with Crippen LogP contribution in [-0.4, -0.2) is 38.2 Å². The van der Waals surface area contributed by atoms with Crippen LogP contribution in [0.5, 0.6) is 5.75 Å². The molecule has 2 aromatic carbocycles. The number of alkyl halides is 2. The highest BCUT2D eigenvalue weighted by Gasteiger charge is 2.11. The molecule has 2 rings (SSSR count). The molecule has 0 bridgehead atoms. The number of hydrogen-bond acceptors (Lipinski definition) is 3. The van der Waals surface area contributed by atoms with Crippen LogP contribution in [0.3, 0.4) is 0 Å². The Labute approximate surface area is 168 Å². The van der Waals surface area contributed by atoms with E-state index in [1.807, 2.05) is 18.2 Å². The first kappa shape index (κ1) is 20.2. The van der Waals surface area contributed by atoms with Gasteiger partial charge in [0.15, 0.2) is 0 Å². The Kier molecular flexibility index (Phi) is 8.17. The number of aliphatic imine (C=N–C) groups is 1. The van der Waals surface area contributed by atoms with Crippen molar-refractivity contribution in [3.63, 3.8) is 0 Å². The van der Waals surface area contributed by atoms with Crippen LogP contribution >= 0.6 is 46.4 Å². The highest BCUT2D eigenvalue weighted by molar-refractivity contribution is 6.35. The minimum atomic E-state index is 0.513. The molecule has 0 aliphatic heterocycles. The summed E-state index contributed by atoms with van der Waals surface area (Å²) in [6.07, 6.45) is 1.74. The molecule has 0 saturated heterocycles. The van der Waals surface area contributed by atoms with Crippen molar-refractivity contribution in [1.29, 1.82) is 0 Å². The molecule has 0 atom stereocenters. The van der Waals surface area contributed by atoms with Crippen LogP contribution in [0.4, 0.5) is 11.4 Å². The fourth-order valence-electron chi connectivity index (χ4n) is 2.36. The Bertz CT molecular complexity index is 711. The summed E-state index contributed by atoms with van der Waals surface area (Å²) in [4.78, 5) is 6.51. The fourth-order valence-corrected chi connectivity index (χ4v) is 3.28. The van der Waals surface area contributed by atoms with Crippen molar-refractivity contribution < 1.29 is 4.74 Å². The van der Waals surface area contributed by atoms with E-state index < -0.39 is 0 Å². The van der Waals surface area contributed by atoms with Crippen molar-refractivity contribution in [3.8, 4) is 5.75 Å². The molecular formula is C18H18Cl4N2O. The molecule has 0 aliphatic carbocycles. The molecule has 0 N–H and O–H groups in total. The monoisotopic (exact) mass is 418 g/mol. The first-order chi connectivity index (χ1) is 12.1. The lowest BCUT2D eigenvalue weighted by atomic mass is 10.2. The molecule has 0 heterocycles. The van der Waals surface area contributed by atoms with Gasteiger partial charge < -0.3 is 9.64 Å². The van der Waals surface area contributed by atoms with Crippen LogP contribution < -0.4 is 9.64 Å². The summed E-state index contributed by atoms with van der Waals surface area (Å²) in [6, 6.07) is 11.0. The first-order valence-corrected chi connectivity index (χ1v) is 9.45. The van der Waals surface area contributed by atoms with Crippen molar-refractivity contribution in [3.05, 3.63) is 52.0 Å². The minimum absolute atomic E-state index is 0.513. The van der Waals surface area contributed by atoms with Gasteiger partial charge in [-0.2, -0.15) is 0 Å². The van der Waals surface area contributed by atoms with E-state index in [4.69, 9.17) is 51.1 Å². The molecule has 134 valence electrons. The summed E-state index contributed by atoms with van der Waals surface area (Å²) in [6.45, 7) is 1.39. The molecule has 2 aromatic rings. The Morgan fingerprint density at radius 3 is 2.20 bits per heavy atom. The number of methoxy groups -OCH3 is 1. The van der Waals surface area contributed by atoms with Crippen LogP contribution in [0.25, 0.3) is 0 Å². The van der Waals surface area contributed by atoms with Gasteiger partial charge in [0, 0.05) is 41.1 Å². The van der Waals surface area contributed by atoms with Crippen LogP contribution in [0.1, 0.15) is 5.56 Å². The van der Waals surface area contributed by atoms with E-state index >= 15 is 0 Å². The van der Waals surface area contributed by atoms with Gasteiger partial charge in [-0.15, -0.1) is 23.2 Å². The van der Waals surface area contributed by atoms with Gasteiger partial charge in [0.1, 0.15) is 5.75 Å². The van der Waals surface area contributed by atoms with E-state index in [1.165, 1.54) is 0 Å².